The maximum atomic E-state index is 11.5. The first-order valence-electron chi connectivity index (χ1n) is 16.8. The number of nitrogens with zero attached hydrogens (tertiary/aromatic N) is 5. The first-order valence-corrected chi connectivity index (χ1v) is 17.6. The highest BCUT2D eigenvalue weighted by atomic mass is 35.5. The van der Waals surface area contributed by atoms with E-state index in [9.17, 15) is 9.90 Å². The number of aliphatic hydroxyl groups is 1. The normalized spacial score (nSPS) is 17.6. The average molecular weight is 706 g/mol. The Morgan fingerprint density at radius 2 is 1.43 bits per heavy atom. The zero-order chi connectivity index (χ0) is 34.5. The van der Waals surface area contributed by atoms with Gasteiger partial charge in [0.15, 0.2) is 0 Å². The van der Waals surface area contributed by atoms with Crippen LogP contribution in [0.4, 0.5) is 0 Å². The molecule has 0 saturated carbocycles. The number of amides is 1. The van der Waals surface area contributed by atoms with E-state index in [-0.39, 0.29) is 18.1 Å². The summed E-state index contributed by atoms with van der Waals surface area (Å²) in [7, 11) is 3.19. The van der Waals surface area contributed by atoms with Crippen LogP contribution in [0.5, 0.6) is 11.8 Å². The van der Waals surface area contributed by atoms with Crippen molar-refractivity contribution in [3.05, 3.63) is 70.2 Å². The quantitative estimate of drug-likeness (QED) is 0.164. The number of ether oxygens (including phenoxy) is 2. The number of hydrogen-bond donors (Lipinski definition) is 2. The van der Waals surface area contributed by atoms with E-state index in [1.165, 1.54) is 0 Å². The zero-order valence-corrected chi connectivity index (χ0v) is 29.6. The topological polar surface area (TPSA) is 123 Å². The van der Waals surface area contributed by atoms with Crippen LogP contribution in [0.1, 0.15) is 56.8 Å². The molecule has 2 aliphatic heterocycles. The van der Waals surface area contributed by atoms with Gasteiger partial charge in [-0.15, -0.1) is 0 Å². The SMILES string of the molecule is COc1nc(-c2cccc(-c3cccc(-c4cnc(CN5CCC([C@H](C)O)CC5)c(OC)n4)c3Cl)c2Cl)cnc1CCC[C@@H]1CCC(=O)N1. The van der Waals surface area contributed by atoms with E-state index < -0.39 is 0 Å². The summed E-state index contributed by atoms with van der Waals surface area (Å²) >= 11 is 14.2. The van der Waals surface area contributed by atoms with Crippen LogP contribution in [-0.4, -0.2) is 75.3 Å². The van der Waals surface area contributed by atoms with Crippen molar-refractivity contribution in [2.24, 2.45) is 5.92 Å². The Morgan fingerprint density at radius 3 is 1.96 bits per heavy atom. The monoisotopic (exact) mass is 704 g/mol. The zero-order valence-electron chi connectivity index (χ0n) is 28.1. The van der Waals surface area contributed by atoms with Crippen LogP contribution < -0.4 is 14.8 Å². The van der Waals surface area contributed by atoms with Gasteiger partial charge in [-0.1, -0.05) is 59.6 Å². The van der Waals surface area contributed by atoms with Crippen molar-refractivity contribution in [2.75, 3.05) is 27.3 Å². The fourth-order valence-corrected chi connectivity index (χ4v) is 7.40. The molecule has 258 valence electrons. The third-order valence-electron chi connectivity index (χ3n) is 9.59. The number of nitrogens with one attached hydrogen (secondary N) is 1. The third-order valence-corrected chi connectivity index (χ3v) is 10.4. The molecule has 12 heteroatoms. The number of carbonyl (C=O) groups excluding carboxylic acids is 1. The summed E-state index contributed by atoms with van der Waals surface area (Å²) in [6, 6.07) is 11.7. The molecule has 2 aliphatic rings. The third kappa shape index (κ3) is 7.99. The molecule has 4 heterocycles. The number of aromatic nitrogens is 4. The Bertz CT molecular complexity index is 1800. The Kier molecular flexibility index (Phi) is 11.3. The molecule has 6 rings (SSSR count). The predicted octanol–water partition coefficient (Wildman–Crippen LogP) is 6.79. The van der Waals surface area contributed by atoms with Crippen LogP contribution in [-0.2, 0) is 17.8 Å². The van der Waals surface area contributed by atoms with Crippen molar-refractivity contribution in [1.82, 2.24) is 30.2 Å². The number of methoxy groups -OCH3 is 2. The van der Waals surface area contributed by atoms with Gasteiger partial charge in [0, 0.05) is 41.3 Å². The van der Waals surface area contributed by atoms with Gasteiger partial charge in [0.2, 0.25) is 17.7 Å². The van der Waals surface area contributed by atoms with Crippen LogP contribution in [0.2, 0.25) is 10.0 Å². The van der Waals surface area contributed by atoms with Crippen molar-refractivity contribution in [3.8, 4) is 45.4 Å². The summed E-state index contributed by atoms with van der Waals surface area (Å²) in [5.74, 6) is 1.37. The van der Waals surface area contributed by atoms with Gasteiger partial charge in [-0.3, -0.25) is 19.7 Å². The summed E-state index contributed by atoms with van der Waals surface area (Å²) in [5, 5.41) is 13.9. The largest absolute Gasteiger partial charge is 0.480 e. The minimum absolute atomic E-state index is 0.124. The molecule has 2 fully saturated rings. The van der Waals surface area contributed by atoms with Crippen LogP contribution >= 0.6 is 23.2 Å². The number of aliphatic hydroxyl groups excluding tert-OH is 1. The first kappa shape index (κ1) is 35.0. The molecule has 0 spiro atoms. The lowest BCUT2D eigenvalue weighted by Crippen LogP contribution is -2.36. The number of benzene rings is 2. The van der Waals surface area contributed by atoms with Crippen molar-refractivity contribution >= 4 is 29.1 Å². The van der Waals surface area contributed by atoms with Crippen LogP contribution in [0.3, 0.4) is 0 Å². The van der Waals surface area contributed by atoms with Gasteiger partial charge in [-0.2, -0.15) is 0 Å². The lowest BCUT2D eigenvalue weighted by atomic mass is 9.92. The summed E-state index contributed by atoms with van der Waals surface area (Å²) < 4.78 is 11.3. The van der Waals surface area contributed by atoms with Gasteiger partial charge in [0.05, 0.1) is 54.2 Å². The molecule has 10 nitrogen and oxygen atoms in total. The highest BCUT2D eigenvalue weighted by Crippen LogP contribution is 2.42. The molecule has 2 N–H and O–H groups in total. The molecule has 0 aliphatic carbocycles. The summed E-state index contributed by atoms with van der Waals surface area (Å²) in [6.45, 7) is 4.27. The van der Waals surface area contributed by atoms with Crippen molar-refractivity contribution < 1.29 is 19.4 Å². The molecule has 4 aromatic rings. The van der Waals surface area contributed by atoms with E-state index in [1.807, 2.05) is 43.3 Å². The Hall–Kier alpha value is -3.83. The second-order valence-electron chi connectivity index (χ2n) is 12.8. The minimum Gasteiger partial charge on any atom is -0.480 e. The second kappa shape index (κ2) is 15.8. The van der Waals surface area contributed by atoms with Crippen molar-refractivity contribution in [1.29, 1.82) is 0 Å². The number of rotatable bonds is 12. The van der Waals surface area contributed by atoms with Crippen LogP contribution in [0.15, 0.2) is 48.8 Å². The van der Waals surface area contributed by atoms with E-state index in [4.69, 9.17) is 52.6 Å². The van der Waals surface area contributed by atoms with Crippen molar-refractivity contribution in [3.63, 3.8) is 0 Å². The van der Waals surface area contributed by atoms with Crippen molar-refractivity contribution in [2.45, 2.75) is 70.6 Å². The number of carbonyl (C=O) groups is 1. The lowest BCUT2D eigenvalue weighted by molar-refractivity contribution is -0.119. The molecule has 1 amide bonds. The fourth-order valence-electron chi connectivity index (χ4n) is 6.75. The molecule has 2 saturated heterocycles. The highest BCUT2D eigenvalue weighted by molar-refractivity contribution is 6.39. The summed E-state index contributed by atoms with van der Waals surface area (Å²) in [6.07, 6.45) is 8.99. The Morgan fingerprint density at radius 1 is 0.878 bits per heavy atom. The maximum Gasteiger partial charge on any atom is 0.237 e. The smallest absolute Gasteiger partial charge is 0.237 e. The van der Waals surface area contributed by atoms with E-state index in [0.717, 1.165) is 67.7 Å². The standard InChI is InChI=1S/C37H42Cl2N6O4/c1-22(46)23-15-17-45(18-16-23)21-32-37(49-3)44-31(20-41-32)28-11-6-9-26(35(28)39)25-8-5-10-27(34(25)38)30-19-40-29(36(43-30)48-2)12-4-7-24-13-14-33(47)42-24/h5-6,8-11,19-20,22-24,46H,4,7,12-18,21H2,1-3H3,(H,42,47)/t22-,24+/m0/s1. The number of piperidine rings is 1. The summed E-state index contributed by atoms with van der Waals surface area (Å²) in [4.78, 5) is 32.9. The number of aryl methyl sites for hydroxylation is 1. The average Bonchev–Trinajstić information content (AvgIpc) is 3.53. The number of halogens is 2. The van der Waals surface area contributed by atoms with E-state index in [2.05, 4.69) is 10.2 Å². The molecule has 0 radical (unpaired) electrons. The van der Waals surface area contributed by atoms with Gasteiger partial charge in [-0.05, 0) is 64.5 Å². The molecule has 0 unspecified atom stereocenters. The van der Waals surface area contributed by atoms with Gasteiger partial charge in [-0.25, -0.2) is 9.97 Å². The Labute approximate surface area is 297 Å². The second-order valence-corrected chi connectivity index (χ2v) is 13.6. The maximum absolute atomic E-state index is 11.5. The molecule has 0 bridgehead atoms. The molecular formula is C37H42Cl2N6O4. The van der Waals surface area contributed by atoms with Gasteiger partial charge < -0.3 is 19.9 Å². The van der Waals surface area contributed by atoms with Gasteiger partial charge >= 0.3 is 0 Å². The van der Waals surface area contributed by atoms with Gasteiger partial charge in [0.25, 0.3) is 0 Å². The highest BCUT2D eigenvalue weighted by Gasteiger charge is 2.25. The fraction of sp³-hybridized carbons (Fsp3) is 0.432. The molecule has 49 heavy (non-hydrogen) atoms. The minimum atomic E-state index is -0.285. The predicted molar refractivity (Wildman–Crippen MR) is 191 cm³/mol. The molecule has 2 atom stereocenters. The van der Waals surface area contributed by atoms with E-state index in [0.29, 0.717) is 69.6 Å². The van der Waals surface area contributed by atoms with Crippen LogP contribution in [0, 0.1) is 5.92 Å². The van der Waals surface area contributed by atoms with Crippen LogP contribution in [0.25, 0.3) is 33.6 Å². The first-order chi connectivity index (χ1) is 23.7. The van der Waals surface area contributed by atoms with E-state index in [1.54, 1.807) is 26.6 Å². The van der Waals surface area contributed by atoms with E-state index >= 15 is 0 Å². The lowest BCUT2D eigenvalue weighted by Gasteiger charge is -2.33. The molecular weight excluding hydrogens is 663 g/mol. The van der Waals surface area contributed by atoms with Gasteiger partial charge in [0.1, 0.15) is 11.4 Å². The molecule has 2 aromatic carbocycles. The Balaban J connectivity index is 1.21. The summed E-state index contributed by atoms with van der Waals surface area (Å²) in [5.41, 5.74) is 5.60. The number of likely N-dealkylation sites (tertiary alicyclic amines) is 1. The number of hydrogen-bond acceptors (Lipinski definition) is 9. The molecule has 2 aromatic heterocycles.